The van der Waals surface area contributed by atoms with Gasteiger partial charge in [-0.05, 0) is 36.2 Å². The summed E-state index contributed by atoms with van der Waals surface area (Å²) in [6.07, 6.45) is 0.543. The minimum absolute atomic E-state index is 0.00226. The Balaban J connectivity index is 2.35. The number of sulfonamides is 1. The van der Waals surface area contributed by atoms with Crippen LogP contribution < -0.4 is 5.32 Å². The van der Waals surface area contributed by atoms with Crippen LogP contribution in [-0.4, -0.2) is 46.4 Å². The molecule has 2 rings (SSSR count). The second kappa shape index (κ2) is 7.89. The number of carbonyl (C=O) groups excluding carboxylic acids is 1. The van der Waals surface area contributed by atoms with E-state index >= 15 is 0 Å². The number of hydrogen-bond donors (Lipinski definition) is 2. The van der Waals surface area contributed by atoms with Crippen molar-refractivity contribution in [2.24, 2.45) is 0 Å². The van der Waals surface area contributed by atoms with Crippen molar-refractivity contribution < 1.29 is 18.3 Å². The molecule has 1 amide bonds. The van der Waals surface area contributed by atoms with Gasteiger partial charge in [-0.1, -0.05) is 25.3 Å². The molecule has 0 saturated heterocycles. The zero-order chi connectivity index (χ0) is 18.6. The topological polar surface area (TPSA) is 112 Å². The molecule has 0 aliphatic rings. The molecule has 136 valence electrons. The first kappa shape index (κ1) is 19.3. The maximum atomic E-state index is 12.6. The van der Waals surface area contributed by atoms with Gasteiger partial charge in [0.05, 0.1) is 16.3 Å². The molecule has 0 atom stereocenters. The molecule has 10 heteroatoms. The van der Waals surface area contributed by atoms with Crippen LogP contribution in [0.1, 0.15) is 36.1 Å². The molecule has 0 saturated carbocycles. The number of hydrogen-bond acceptors (Lipinski definition) is 7. The Kier molecular flexibility index (Phi) is 6.09. The van der Waals surface area contributed by atoms with Crippen LogP contribution in [0.2, 0.25) is 0 Å². The lowest BCUT2D eigenvalue weighted by Gasteiger charge is -2.19. The summed E-state index contributed by atoms with van der Waals surface area (Å²) in [5.41, 5.74) is 0.572. The number of amides is 1. The predicted molar refractivity (Wildman–Crippen MR) is 95.5 cm³/mol. The van der Waals surface area contributed by atoms with Gasteiger partial charge < -0.3 is 10.4 Å². The Morgan fingerprint density at radius 2 is 1.96 bits per heavy atom. The van der Waals surface area contributed by atoms with Crippen molar-refractivity contribution in [3.05, 3.63) is 28.8 Å². The lowest BCUT2D eigenvalue weighted by molar-refractivity contribution is 0.102. The minimum atomic E-state index is -3.69. The average Bonchev–Trinajstić information content (AvgIpc) is 3.06. The lowest BCUT2D eigenvalue weighted by atomic mass is 10.2. The highest BCUT2D eigenvalue weighted by molar-refractivity contribution is 7.89. The van der Waals surface area contributed by atoms with Gasteiger partial charge in [-0.2, -0.15) is 4.31 Å². The van der Waals surface area contributed by atoms with E-state index in [9.17, 15) is 18.3 Å². The monoisotopic (exact) mass is 384 g/mol. The summed E-state index contributed by atoms with van der Waals surface area (Å²) in [6, 6.07) is 3.81. The minimum Gasteiger partial charge on any atom is -0.506 e. The van der Waals surface area contributed by atoms with E-state index in [4.69, 9.17) is 0 Å². The molecule has 1 aromatic carbocycles. The molecule has 0 fully saturated rings. The molecule has 2 aromatic rings. The van der Waals surface area contributed by atoms with Crippen LogP contribution >= 0.6 is 11.5 Å². The molecular weight excluding hydrogens is 364 g/mol. The highest BCUT2D eigenvalue weighted by Crippen LogP contribution is 2.29. The molecule has 1 heterocycles. The van der Waals surface area contributed by atoms with Crippen molar-refractivity contribution in [1.82, 2.24) is 13.9 Å². The number of aromatic hydroxyl groups is 1. The Morgan fingerprint density at radius 3 is 2.56 bits per heavy atom. The number of aryl methyl sites for hydroxylation is 1. The Hall–Kier alpha value is -2.04. The number of nitrogens with one attached hydrogen (secondary N) is 1. The molecule has 25 heavy (non-hydrogen) atoms. The van der Waals surface area contributed by atoms with Gasteiger partial charge in [-0.25, -0.2) is 8.42 Å². The number of nitrogens with zero attached hydrogens (tertiary/aromatic N) is 3. The summed E-state index contributed by atoms with van der Waals surface area (Å²) in [5.74, 6) is -0.707. The first-order chi connectivity index (χ1) is 11.8. The summed E-state index contributed by atoms with van der Waals surface area (Å²) in [5, 5.41) is 16.4. The zero-order valence-electron chi connectivity index (χ0n) is 14.2. The third-order valence-corrected chi connectivity index (χ3v) is 6.47. The van der Waals surface area contributed by atoms with E-state index in [-0.39, 0.29) is 16.3 Å². The number of carbonyl (C=O) groups is 1. The zero-order valence-corrected chi connectivity index (χ0v) is 15.8. The number of benzene rings is 1. The molecule has 2 N–H and O–H groups in total. The van der Waals surface area contributed by atoms with Crippen LogP contribution in [-0.2, 0) is 16.4 Å². The third kappa shape index (κ3) is 3.97. The van der Waals surface area contributed by atoms with Crippen LogP contribution in [0.25, 0.3) is 0 Å². The van der Waals surface area contributed by atoms with E-state index in [2.05, 4.69) is 14.9 Å². The fourth-order valence-electron chi connectivity index (χ4n) is 2.28. The average molecular weight is 384 g/mol. The normalized spacial score (nSPS) is 11.7. The van der Waals surface area contributed by atoms with Crippen molar-refractivity contribution >= 4 is 33.2 Å². The van der Waals surface area contributed by atoms with Gasteiger partial charge in [-0.15, -0.1) is 5.10 Å². The first-order valence-corrected chi connectivity index (χ1v) is 10.0. The second-order valence-electron chi connectivity index (χ2n) is 5.12. The maximum absolute atomic E-state index is 12.6. The lowest BCUT2D eigenvalue weighted by Crippen LogP contribution is -2.30. The number of phenolic OH excluding ortho intramolecular Hbond substituents is 1. The van der Waals surface area contributed by atoms with Gasteiger partial charge in [0, 0.05) is 13.1 Å². The summed E-state index contributed by atoms with van der Waals surface area (Å²) >= 11 is 0.948. The molecule has 0 aliphatic carbocycles. The number of aromatic nitrogens is 2. The molecule has 0 unspecified atom stereocenters. The van der Waals surface area contributed by atoms with E-state index in [0.29, 0.717) is 30.1 Å². The SMILES string of the molecule is CCc1nnsc1C(=O)Nc1cc(S(=O)(=O)N(CC)CC)ccc1O. The van der Waals surface area contributed by atoms with Gasteiger partial charge in [0.2, 0.25) is 10.0 Å². The van der Waals surface area contributed by atoms with Crippen molar-refractivity contribution in [3.63, 3.8) is 0 Å². The van der Waals surface area contributed by atoms with Gasteiger partial charge in [0.25, 0.3) is 5.91 Å². The smallest absolute Gasteiger partial charge is 0.269 e. The fourth-order valence-corrected chi connectivity index (χ4v) is 4.41. The van der Waals surface area contributed by atoms with Gasteiger partial charge in [0.15, 0.2) is 0 Å². The van der Waals surface area contributed by atoms with Crippen LogP contribution in [0.5, 0.6) is 5.75 Å². The van der Waals surface area contributed by atoms with E-state index < -0.39 is 15.9 Å². The quantitative estimate of drug-likeness (QED) is 0.707. The second-order valence-corrected chi connectivity index (χ2v) is 7.82. The molecule has 8 nitrogen and oxygen atoms in total. The van der Waals surface area contributed by atoms with E-state index in [1.54, 1.807) is 13.8 Å². The molecule has 0 radical (unpaired) electrons. The molecule has 0 aliphatic heterocycles. The number of phenols is 1. The van der Waals surface area contributed by atoms with Gasteiger partial charge in [0.1, 0.15) is 10.6 Å². The largest absolute Gasteiger partial charge is 0.506 e. The molecule has 0 bridgehead atoms. The number of rotatable bonds is 7. The first-order valence-electron chi connectivity index (χ1n) is 7.80. The number of anilines is 1. The summed E-state index contributed by atoms with van der Waals surface area (Å²) < 4.78 is 30.2. The van der Waals surface area contributed by atoms with E-state index in [1.807, 2.05) is 6.92 Å². The highest BCUT2D eigenvalue weighted by Gasteiger charge is 2.23. The predicted octanol–water partition coefficient (Wildman–Crippen LogP) is 2.09. The summed E-state index contributed by atoms with van der Waals surface area (Å²) in [7, 11) is -3.69. The molecule has 0 spiro atoms. The molecule has 1 aromatic heterocycles. The summed E-state index contributed by atoms with van der Waals surface area (Å²) in [4.78, 5) is 12.7. The van der Waals surface area contributed by atoms with Gasteiger partial charge >= 0.3 is 0 Å². The third-order valence-electron chi connectivity index (χ3n) is 3.66. The van der Waals surface area contributed by atoms with Crippen LogP contribution in [0.4, 0.5) is 5.69 Å². The van der Waals surface area contributed by atoms with Crippen molar-refractivity contribution in [2.75, 3.05) is 18.4 Å². The maximum Gasteiger partial charge on any atom is 0.269 e. The Bertz CT molecular complexity index is 860. The van der Waals surface area contributed by atoms with Crippen molar-refractivity contribution in [2.45, 2.75) is 32.1 Å². The van der Waals surface area contributed by atoms with Crippen molar-refractivity contribution in [1.29, 1.82) is 0 Å². The van der Waals surface area contributed by atoms with Crippen molar-refractivity contribution in [3.8, 4) is 5.75 Å². The Morgan fingerprint density at radius 1 is 1.28 bits per heavy atom. The standard InChI is InChI=1S/C15H20N4O4S2/c1-4-11-14(24-18-17-11)15(21)16-12-9-10(7-8-13(12)20)25(22,23)19(5-2)6-3/h7-9,20H,4-6H2,1-3H3,(H,16,21). The van der Waals surface area contributed by atoms with E-state index in [1.165, 1.54) is 22.5 Å². The van der Waals surface area contributed by atoms with Crippen LogP contribution in [0.15, 0.2) is 23.1 Å². The molecular formula is C15H20N4O4S2. The van der Waals surface area contributed by atoms with Crippen LogP contribution in [0.3, 0.4) is 0 Å². The van der Waals surface area contributed by atoms with Crippen LogP contribution in [0, 0.1) is 0 Å². The summed E-state index contributed by atoms with van der Waals surface area (Å²) in [6.45, 7) is 5.99. The van der Waals surface area contributed by atoms with E-state index in [0.717, 1.165) is 11.5 Å². The fraction of sp³-hybridized carbons (Fsp3) is 0.400. The highest BCUT2D eigenvalue weighted by atomic mass is 32.2. The Labute approximate surface area is 150 Å². The van der Waals surface area contributed by atoms with Gasteiger partial charge in [-0.3, -0.25) is 4.79 Å².